The molecule has 4 rings (SSSR count). The van der Waals surface area contributed by atoms with E-state index in [9.17, 15) is 0 Å². The Morgan fingerprint density at radius 2 is 1.85 bits per heavy atom. The normalized spacial score (nSPS) is 15.4. The Morgan fingerprint density at radius 1 is 0.963 bits per heavy atom. The number of fused-ring (bicyclic) bond motifs is 1. The van der Waals surface area contributed by atoms with E-state index in [0.29, 0.717) is 23.3 Å². The molecule has 1 heterocycles. The minimum absolute atomic E-state index is 0.172. The smallest absolute Gasteiger partial charge is 0.162 e. The number of hydrogen-bond acceptors (Lipinski definition) is 3. The molecule has 138 valence electrons. The van der Waals surface area contributed by atoms with Gasteiger partial charge in [-0.2, -0.15) is 0 Å². The summed E-state index contributed by atoms with van der Waals surface area (Å²) in [6, 6.07) is 19.3. The van der Waals surface area contributed by atoms with Crippen molar-refractivity contribution in [3.8, 4) is 17.2 Å². The number of hydrogen-bond donors (Lipinski definition) is 0. The van der Waals surface area contributed by atoms with Gasteiger partial charge in [-0.25, -0.2) is 0 Å². The molecule has 0 aliphatic carbocycles. The summed E-state index contributed by atoms with van der Waals surface area (Å²) in [5, 5.41) is 1.06. The zero-order chi connectivity index (χ0) is 18.8. The third-order valence-corrected chi connectivity index (χ3v) is 5.12. The molecule has 1 unspecified atom stereocenters. The molecule has 0 saturated carbocycles. The molecule has 1 atom stereocenters. The highest BCUT2D eigenvalue weighted by molar-refractivity contribution is 6.42. The molecule has 0 amide bonds. The van der Waals surface area contributed by atoms with Crippen LogP contribution in [-0.4, -0.2) is 6.61 Å². The van der Waals surface area contributed by atoms with Gasteiger partial charge in [0.25, 0.3) is 0 Å². The second kappa shape index (κ2) is 7.71. The Labute approximate surface area is 168 Å². The van der Waals surface area contributed by atoms with E-state index in [1.165, 1.54) is 0 Å². The molecule has 0 fully saturated rings. The van der Waals surface area contributed by atoms with Crippen LogP contribution in [0.15, 0.2) is 60.7 Å². The number of benzene rings is 3. The first-order valence-corrected chi connectivity index (χ1v) is 9.41. The fourth-order valence-electron chi connectivity index (χ4n) is 2.94. The van der Waals surface area contributed by atoms with Crippen molar-refractivity contribution in [2.75, 3.05) is 6.61 Å². The van der Waals surface area contributed by atoms with Crippen LogP contribution in [0.5, 0.6) is 17.2 Å². The topological polar surface area (TPSA) is 27.7 Å². The Balaban J connectivity index is 1.46. The first-order chi connectivity index (χ1) is 13.1. The lowest BCUT2D eigenvalue weighted by atomic mass is 10.1. The van der Waals surface area contributed by atoms with Gasteiger partial charge in [0.15, 0.2) is 17.6 Å². The van der Waals surface area contributed by atoms with Crippen LogP contribution in [0.25, 0.3) is 0 Å². The van der Waals surface area contributed by atoms with Crippen molar-refractivity contribution in [1.82, 2.24) is 0 Å². The maximum atomic E-state index is 6.11. The minimum Gasteiger partial charge on any atom is -0.489 e. The molecule has 3 nitrogen and oxygen atoms in total. The van der Waals surface area contributed by atoms with E-state index in [0.717, 1.165) is 33.9 Å². The second-order valence-corrected chi connectivity index (χ2v) is 7.29. The first kappa shape index (κ1) is 18.0. The SMILES string of the molecule is Cc1ccc2c(c1)OCC(c1cccc(OCc3ccc(Cl)c(Cl)c3)c1)O2. The van der Waals surface area contributed by atoms with Gasteiger partial charge in [-0.3, -0.25) is 0 Å². The predicted octanol–water partition coefficient (Wildman–Crippen LogP) is 6.39. The molecule has 0 saturated heterocycles. The maximum Gasteiger partial charge on any atom is 0.162 e. The van der Waals surface area contributed by atoms with Crippen LogP contribution in [-0.2, 0) is 6.61 Å². The molecule has 0 N–H and O–H groups in total. The van der Waals surface area contributed by atoms with Gasteiger partial charge in [0.1, 0.15) is 19.0 Å². The fourth-order valence-corrected chi connectivity index (χ4v) is 3.26. The van der Waals surface area contributed by atoms with Crippen LogP contribution >= 0.6 is 23.2 Å². The van der Waals surface area contributed by atoms with Gasteiger partial charge in [-0.15, -0.1) is 0 Å². The van der Waals surface area contributed by atoms with E-state index >= 15 is 0 Å². The summed E-state index contributed by atoms with van der Waals surface area (Å²) in [5.74, 6) is 2.31. The standard InChI is InChI=1S/C22H18Cl2O3/c1-14-5-8-20-21(9-14)26-13-22(27-20)16-3-2-4-17(11-16)25-12-15-6-7-18(23)19(24)10-15/h2-11,22H,12-13H2,1H3. The van der Waals surface area contributed by atoms with Crippen molar-refractivity contribution < 1.29 is 14.2 Å². The number of ether oxygens (including phenoxy) is 3. The molecule has 27 heavy (non-hydrogen) atoms. The fraction of sp³-hybridized carbons (Fsp3) is 0.182. The lowest BCUT2D eigenvalue weighted by Crippen LogP contribution is -2.21. The van der Waals surface area contributed by atoms with Crippen LogP contribution < -0.4 is 14.2 Å². The molecule has 1 aliphatic heterocycles. The van der Waals surface area contributed by atoms with Crippen molar-refractivity contribution in [3.63, 3.8) is 0 Å². The van der Waals surface area contributed by atoms with Gasteiger partial charge in [0.05, 0.1) is 10.0 Å². The van der Waals surface area contributed by atoms with Gasteiger partial charge >= 0.3 is 0 Å². The molecule has 5 heteroatoms. The predicted molar refractivity (Wildman–Crippen MR) is 107 cm³/mol. The minimum atomic E-state index is -0.172. The molecular weight excluding hydrogens is 383 g/mol. The summed E-state index contributed by atoms with van der Waals surface area (Å²) >= 11 is 12.0. The Bertz CT molecular complexity index is 972. The summed E-state index contributed by atoms with van der Waals surface area (Å²) < 4.78 is 17.9. The molecule has 3 aromatic rings. The summed E-state index contributed by atoms with van der Waals surface area (Å²) in [4.78, 5) is 0. The van der Waals surface area contributed by atoms with Crippen molar-refractivity contribution in [2.24, 2.45) is 0 Å². The molecular formula is C22H18Cl2O3. The Morgan fingerprint density at radius 3 is 2.70 bits per heavy atom. The third kappa shape index (κ3) is 4.15. The third-order valence-electron chi connectivity index (χ3n) is 4.38. The van der Waals surface area contributed by atoms with E-state index in [1.54, 1.807) is 6.07 Å². The highest BCUT2D eigenvalue weighted by atomic mass is 35.5. The van der Waals surface area contributed by atoms with Gasteiger partial charge in [-0.05, 0) is 60.0 Å². The first-order valence-electron chi connectivity index (χ1n) is 8.65. The maximum absolute atomic E-state index is 6.11. The number of aryl methyl sites for hydroxylation is 1. The average molecular weight is 401 g/mol. The molecule has 0 spiro atoms. The van der Waals surface area contributed by atoms with Gasteiger partial charge in [-0.1, -0.05) is 47.5 Å². The van der Waals surface area contributed by atoms with E-state index in [2.05, 4.69) is 0 Å². The van der Waals surface area contributed by atoms with Crippen molar-refractivity contribution in [3.05, 3.63) is 87.4 Å². The molecule has 0 radical (unpaired) electrons. The lowest BCUT2D eigenvalue weighted by molar-refractivity contribution is 0.0910. The van der Waals surface area contributed by atoms with Crippen molar-refractivity contribution in [1.29, 1.82) is 0 Å². The van der Waals surface area contributed by atoms with E-state index in [-0.39, 0.29) is 6.10 Å². The number of halogens is 2. The van der Waals surface area contributed by atoms with E-state index in [1.807, 2.05) is 61.5 Å². The number of rotatable bonds is 4. The monoisotopic (exact) mass is 400 g/mol. The van der Waals surface area contributed by atoms with Crippen LogP contribution in [0.1, 0.15) is 22.8 Å². The second-order valence-electron chi connectivity index (χ2n) is 6.48. The van der Waals surface area contributed by atoms with Gasteiger partial charge < -0.3 is 14.2 Å². The quantitative estimate of drug-likeness (QED) is 0.507. The van der Waals surface area contributed by atoms with Crippen LogP contribution in [0.4, 0.5) is 0 Å². The average Bonchev–Trinajstić information content (AvgIpc) is 2.69. The van der Waals surface area contributed by atoms with Crippen molar-refractivity contribution in [2.45, 2.75) is 19.6 Å². The summed E-state index contributed by atoms with van der Waals surface area (Å²) in [6.07, 6.45) is -0.172. The highest BCUT2D eigenvalue weighted by Gasteiger charge is 2.23. The summed E-state index contributed by atoms with van der Waals surface area (Å²) in [6.45, 7) is 2.90. The van der Waals surface area contributed by atoms with Gasteiger partial charge in [0.2, 0.25) is 0 Å². The zero-order valence-corrected chi connectivity index (χ0v) is 16.3. The molecule has 0 aromatic heterocycles. The largest absolute Gasteiger partial charge is 0.489 e. The Hall–Kier alpha value is -2.36. The van der Waals surface area contributed by atoms with Crippen LogP contribution in [0.2, 0.25) is 10.0 Å². The van der Waals surface area contributed by atoms with Crippen LogP contribution in [0.3, 0.4) is 0 Å². The van der Waals surface area contributed by atoms with E-state index in [4.69, 9.17) is 37.4 Å². The zero-order valence-electron chi connectivity index (χ0n) is 14.7. The summed E-state index contributed by atoms with van der Waals surface area (Å²) in [5.41, 5.74) is 3.11. The molecule has 3 aromatic carbocycles. The Kier molecular flexibility index (Phi) is 5.15. The lowest BCUT2D eigenvalue weighted by Gasteiger charge is -2.27. The molecule has 0 bridgehead atoms. The van der Waals surface area contributed by atoms with E-state index < -0.39 is 0 Å². The van der Waals surface area contributed by atoms with Crippen LogP contribution in [0, 0.1) is 6.92 Å². The van der Waals surface area contributed by atoms with Gasteiger partial charge in [0, 0.05) is 0 Å². The summed E-state index contributed by atoms with van der Waals surface area (Å²) in [7, 11) is 0. The highest BCUT2D eigenvalue weighted by Crippen LogP contribution is 2.37. The van der Waals surface area contributed by atoms with Crippen molar-refractivity contribution >= 4 is 23.2 Å². The molecule has 1 aliphatic rings.